The van der Waals surface area contributed by atoms with Crippen LogP contribution in [0.5, 0.6) is 0 Å². The molecular formula is C11H22N2. The highest BCUT2D eigenvalue weighted by atomic mass is 15.2. The number of hydrogen-bond acceptors (Lipinski definition) is 2. The fourth-order valence-electron chi connectivity index (χ4n) is 2.22. The van der Waals surface area contributed by atoms with E-state index in [9.17, 15) is 0 Å². The summed E-state index contributed by atoms with van der Waals surface area (Å²) in [5.74, 6) is 2.07. The molecule has 1 saturated carbocycles. The van der Waals surface area contributed by atoms with E-state index in [4.69, 9.17) is 0 Å². The van der Waals surface area contributed by atoms with E-state index in [1.165, 1.54) is 52.0 Å². The van der Waals surface area contributed by atoms with Gasteiger partial charge in [0.25, 0.3) is 0 Å². The van der Waals surface area contributed by atoms with E-state index in [1.54, 1.807) is 0 Å². The van der Waals surface area contributed by atoms with E-state index in [2.05, 4.69) is 17.1 Å². The van der Waals surface area contributed by atoms with Crippen LogP contribution in [-0.2, 0) is 0 Å². The van der Waals surface area contributed by atoms with Crippen molar-refractivity contribution in [2.75, 3.05) is 32.7 Å². The Bertz CT molecular complexity index is 148. The fourth-order valence-corrected chi connectivity index (χ4v) is 2.22. The van der Waals surface area contributed by atoms with Crippen molar-refractivity contribution >= 4 is 0 Å². The molecule has 1 aliphatic carbocycles. The molecule has 1 saturated heterocycles. The first-order chi connectivity index (χ1) is 6.36. The lowest BCUT2D eigenvalue weighted by Crippen LogP contribution is -2.44. The smallest absolute Gasteiger partial charge is 0.0107 e. The summed E-state index contributed by atoms with van der Waals surface area (Å²) in [7, 11) is 0. The second kappa shape index (κ2) is 4.43. The Morgan fingerprint density at radius 2 is 2.00 bits per heavy atom. The van der Waals surface area contributed by atoms with Gasteiger partial charge in [-0.25, -0.2) is 0 Å². The Labute approximate surface area is 81.7 Å². The van der Waals surface area contributed by atoms with E-state index in [0.717, 1.165) is 11.8 Å². The second-order valence-corrected chi connectivity index (χ2v) is 4.70. The van der Waals surface area contributed by atoms with Gasteiger partial charge in [-0.1, -0.05) is 6.92 Å². The van der Waals surface area contributed by atoms with Crippen molar-refractivity contribution in [3.63, 3.8) is 0 Å². The Kier molecular flexibility index (Phi) is 3.23. The van der Waals surface area contributed by atoms with Crippen molar-refractivity contribution in [1.29, 1.82) is 0 Å². The van der Waals surface area contributed by atoms with Gasteiger partial charge in [-0.3, -0.25) is 0 Å². The summed E-state index contributed by atoms with van der Waals surface area (Å²) in [4.78, 5) is 2.61. The summed E-state index contributed by atoms with van der Waals surface area (Å²) < 4.78 is 0. The first kappa shape index (κ1) is 9.47. The minimum atomic E-state index is 0.981. The summed E-state index contributed by atoms with van der Waals surface area (Å²) in [5.41, 5.74) is 0. The quantitative estimate of drug-likeness (QED) is 0.705. The molecule has 13 heavy (non-hydrogen) atoms. The largest absolute Gasteiger partial charge is 0.314 e. The lowest BCUT2D eigenvalue weighted by molar-refractivity contribution is 0.222. The molecule has 0 spiro atoms. The van der Waals surface area contributed by atoms with Crippen LogP contribution in [0.15, 0.2) is 0 Å². The number of nitrogens with one attached hydrogen (secondary N) is 1. The number of piperazine rings is 1. The molecule has 1 heterocycles. The molecule has 1 aliphatic heterocycles. The summed E-state index contributed by atoms with van der Waals surface area (Å²) >= 11 is 0. The molecule has 0 radical (unpaired) electrons. The zero-order valence-electron chi connectivity index (χ0n) is 8.76. The zero-order chi connectivity index (χ0) is 9.10. The molecule has 0 aromatic carbocycles. The van der Waals surface area contributed by atoms with E-state index >= 15 is 0 Å². The Hall–Kier alpha value is -0.0800. The standard InChI is InChI=1S/C11H22N2/c1-10(11-2-3-11)4-7-13-8-5-12-6-9-13/h10-12H,2-9H2,1H3. The van der Waals surface area contributed by atoms with E-state index in [1.807, 2.05) is 0 Å². The average Bonchev–Trinajstić information content (AvgIpc) is 2.99. The van der Waals surface area contributed by atoms with Crippen LogP contribution in [-0.4, -0.2) is 37.6 Å². The van der Waals surface area contributed by atoms with E-state index in [0.29, 0.717) is 0 Å². The highest BCUT2D eigenvalue weighted by molar-refractivity contribution is 4.79. The summed E-state index contributed by atoms with van der Waals surface area (Å²) in [6, 6.07) is 0. The van der Waals surface area contributed by atoms with E-state index in [-0.39, 0.29) is 0 Å². The van der Waals surface area contributed by atoms with Crippen LogP contribution < -0.4 is 5.32 Å². The normalized spacial score (nSPS) is 27.5. The molecule has 2 rings (SSSR count). The van der Waals surface area contributed by atoms with Crippen molar-refractivity contribution in [2.45, 2.75) is 26.2 Å². The van der Waals surface area contributed by atoms with Gasteiger partial charge in [-0.15, -0.1) is 0 Å². The van der Waals surface area contributed by atoms with Gasteiger partial charge in [0.15, 0.2) is 0 Å². The Balaban J connectivity index is 1.60. The first-order valence-electron chi connectivity index (χ1n) is 5.79. The molecule has 2 aliphatic rings. The van der Waals surface area contributed by atoms with Gasteiger partial charge in [0.1, 0.15) is 0 Å². The van der Waals surface area contributed by atoms with Crippen LogP contribution in [0.1, 0.15) is 26.2 Å². The molecule has 1 atom stereocenters. The van der Waals surface area contributed by atoms with Gasteiger partial charge < -0.3 is 10.2 Å². The van der Waals surface area contributed by atoms with Gasteiger partial charge >= 0.3 is 0 Å². The highest BCUT2D eigenvalue weighted by Gasteiger charge is 2.27. The Morgan fingerprint density at radius 1 is 1.31 bits per heavy atom. The zero-order valence-corrected chi connectivity index (χ0v) is 8.76. The molecule has 0 aromatic heterocycles. The molecule has 1 N–H and O–H groups in total. The molecule has 0 bridgehead atoms. The maximum Gasteiger partial charge on any atom is 0.0107 e. The number of hydrogen-bond donors (Lipinski definition) is 1. The predicted molar refractivity (Wildman–Crippen MR) is 55.8 cm³/mol. The first-order valence-corrected chi connectivity index (χ1v) is 5.79. The van der Waals surface area contributed by atoms with Crippen molar-refractivity contribution in [3.8, 4) is 0 Å². The van der Waals surface area contributed by atoms with Crippen LogP contribution in [0.2, 0.25) is 0 Å². The SMILES string of the molecule is CC(CCN1CCNCC1)C1CC1. The summed E-state index contributed by atoms with van der Waals surface area (Å²) in [5, 5.41) is 3.40. The minimum Gasteiger partial charge on any atom is -0.314 e. The van der Waals surface area contributed by atoms with Gasteiger partial charge in [-0.05, 0) is 37.6 Å². The van der Waals surface area contributed by atoms with Crippen molar-refractivity contribution < 1.29 is 0 Å². The lowest BCUT2D eigenvalue weighted by Gasteiger charge is -2.28. The third kappa shape index (κ3) is 2.96. The van der Waals surface area contributed by atoms with Crippen LogP contribution in [0.25, 0.3) is 0 Å². The van der Waals surface area contributed by atoms with Gasteiger partial charge in [0, 0.05) is 26.2 Å². The molecule has 2 nitrogen and oxygen atoms in total. The lowest BCUT2D eigenvalue weighted by atomic mass is 10.0. The highest BCUT2D eigenvalue weighted by Crippen LogP contribution is 2.38. The second-order valence-electron chi connectivity index (χ2n) is 4.70. The summed E-state index contributed by atoms with van der Waals surface area (Å²) in [6.45, 7) is 8.67. The topological polar surface area (TPSA) is 15.3 Å². The molecule has 1 unspecified atom stereocenters. The van der Waals surface area contributed by atoms with Crippen LogP contribution >= 0.6 is 0 Å². The third-order valence-electron chi connectivity index (χ3n) is 3.54. The predicted octanol–water partition coefficient (Wildman–Crippen LogP) is 1.33. The molecule has 2 heteroatoms. The fraction of sp³-hybridized carbons (Fsp3) is 1.00. The number of rotatable bonds is 4. The van der Waals surface area contributed by atoms with Crippen LogP contribution in [0.3, 0.4) is 0 Å². The molecule has 0 aromatic rings. The Morgan fingerprint density at radius 3 is 2.62 bits per heavy atom. The van der Waals surface area contributed by atoms with Gasteiger partial charge in [0.05, 0.1) is 0 Å². The van der Waals surface area contributed by atoms with Gasteiger partial charge in [-0.2, -0.15) is 0 Å². The monoisotopic (exact) mass is 182 g/mol. The minimum absolute atomic E-state index is 0.981. The molecular weight excluding hydrogens is 160 g/mol. The maximum atomic E-state index is 3.40. The summed E-state index contributed by atoms with van der Waals surface area (Å²) in [6.07, 6.45) is 4.43. The molecule has 2 fully saturated rings. The third-order valence-corrected chi connectivity index (χ3v) is 3.54. The maximum absolute atomic E-state index is 3.40. The van der Waals surface area contributed by atoms with Crippen LogP contribution in [0.4, 0.5) is 0 Å². The van der Waals surface area contributed by atoms with Gasteiger partial charge in [0.2, 0.25) is 0 Å². The van der Waals surface area contributed by atoms with Crippen molar-refractivity contribution in [3.05, 3.63) is 0 Å². The average molecular weight is 182 g/mol. The molecule has 0 amide bonds. The number of nitrogens with zero attached hydrogens (tertiary/aromatic N) is 1. The van der Waals surface area contributed by atoms with Crippen molar-refractivity contribution in [2.24, 2.45) is 11.8 Å². The van der Waals surface area contributed by atoms with E-state index < -0.39 is 0 Å². The van der Waals surface area contributed by atoms with Crippen LogP contribution in [0, 0.1) is 11.8 Å². The molecule has 76 valence electrons. The van der Waals surface area contributed by atoms with Crippen molar-refractivity contribution in [1.82, 2.24) is 10.2 Å².